The summed E-state index contributed by atoms with van der Waals surface area (Å²) in [6, 6.07) is 11.8. The number of nitrogens with zero attached hydrogens (tertiary/aromatic N) is 2. The van der Waals surface area contributed by atoms with Gasteiger partial charge in [0.1, 0.15) is 17.7 Å². The lowest BCUT2D eigenvalue weighted by molar-refractivity contribution is 0.205. The van der Waals surface area contributed by atoms with E-state index in [2.05, 4.69) is 53.0 Å². The number of hydrogen-bond donors (Lipinski definition) is 2. The summed E-state index contributed by atoms with van der Waals surface area (Å²) in [6.45, 7) is 15.2. The number of aliphatic hydroxyl groups is 1. The molecule has 2 N–H and O–H groups in total. The van der Waals surface area contributed by atoms with Crippen molar-refractivity contribution in [2.45, 2.75) is 71.9 Å². The van der Waals surface area contributed by atoms with Crippen LogP contribution in [0.4, 0.5) is 0 Å². The summed E-state index contributed by atoms with van der Waals surface area (Å²) in [5, 5.41) is 22.3. The zero-order valence-electron chi connectivity index (χ0n) is 18.0. The molecule has 0 amide bonds. The minimum absolute atomic E-state index is 0.245. The number of fused-ring (bicyclic) bond motifs is 1. The molecule has 0 radical (unpaired) electrons. The predicted molar refractivity (Wildman–Crippen MR) is 115 cm³/mol. The van der Waals surface area contributed by atoms with Crippen LogP contribution in [0, 0.1) is 0 Å². The standard InChI is InChI=1S/C24H32N2O2/c1-8-26-19-12-10-9-11-18(19)25-22(26)20(27)15-13-16(23(2,3)4)21(28)17(14-15)24(5,6)7/h9-14,20,27-28H,8H2,1-7H3. The van der Waals surface area contributed by atoms with Crippen molar-refractivity contribution in [2.75, 3.05) is 0 Å². The first-order chi connectivity index (χ1) is 12.9. The summed E-state index contributed by atoms with van der Waals surface area (Å²) >= 11 is 0. The first-order valence-corrected chi connectivity index (χ1v) is 9.96. The molecule has 3 rings (SSSR count). The molecule has 0 aliphatic heterocycles. The van der Waals surface area contributed by atoms with Gasteiger partial charge < -0.3 is 14.8 Å². The first-order valence-electron chi connectivity index (χ1n) is 9.96. The maximum absolute atomic E-state index is 11.3. The van der Waals surface area contributed by atoms with Crippen LogP contribution in [-0.2, 0) is 17.4 Å². The predicted octanol–water partition coefficient (Wildman–Crippen LogP) is 5.44. The Labute approximate surface area is 167 Å². The van der Waals surface area contributed by atoms with Crippen molar-refractivity contribution in [1.29, 1.82) is 0 Å². The molecule has 1 unspecified atom stereocenters. The summed E-state index contributed by atoms with van der Waals surface area (Å²) in [6.07, 6.45) is -0.866. The van der Waals surface area contributed by atoms with Gasteiger partial charge in [-0.3, -0.25) is 0 Å². The highest BCUT2D eigenvalue weighted by atomic mass is 16.3. The Morgan fingerprint density at radius 1 is 0.964 bits per heavy atom. The number of aliphatic hydroxyl groups excluding tert-OH is 1. The lowest BCUT2D eigenvalue weighted by Crippen LogP contribution is -2.19. The van der Waals surface area contributed by atoms with Gasteiger partial charge in [0.15, 0.2) is 0 Å². The second-order valence-electron chi connectivity index (χ2n) is 9.57. The number of phenolic OH excluding ortho intramolecular Hbond substituents is 1. The number of aromatic nitrogens is 2. The van der Waals surface area contributed by atoms with Crippen molar-refractivity contribution < 1.29 is 10.2 Å². The molecule has 0 spiro atoms. The fourth-order valence-corrected chi connectivity index (χ4v) is 3.74. The van der Waals surface area contributed by atoms with E-state index in [1.807, 2.05) is 36.4 Å². The molecule has 1 atom stereocenters. The molecule has 0 aliphatic carbocycles. The number of hydrogen-bond acceptors (Lipinski definition) is 3. The normalized spacial score (nSPS) is 13.9. The van der Waals surface area contributed by atoms with E-state index in [4.69, 9.17) is 4.98 Å². The maximum atomic E-state index is 11.3. The largest absolute Gasteiger partial charge is 0.507 e. The van der Waals surface area contributed by atoms with Gasteiger partial charge in [0, 0.05) is 6.54 Å². The topological polar surface area (TPSA) is 58.3 Å². The highest BCUT2D eigenvalue weighted by Crippen LogP contribution is 2.41. The number of aryl methyl sites for hydroxylation is 1. The van der Waals surface area contributed by atoms with Crippen LogP contribution in [-0.4, -0.2) is 19.8 Å². The molecular formula is C24H32N2O2. The smallest absolute Gasteiger partial charge is 0.143 e. The van der Waals surface area contributed by atoms with Gasteiger partial charge in [0.25, 0.3) is 0 Å². The third kappa shape index (κ3) is 3.53. The number of para-hydroxylation sites is 2. The van der Waals surface area contributed by atoms with Gasteiger partial charge in [-0.2, -0.15) is 0 Å². The minimum Gasteiger partial charge on any atom is -0.507 e. The van der Waals surface area contributed by atoms with Crippen molar-refractivity contribution >= 4 is 11.0 Å². The van der Waals surface area contributed by atoms with Gasteiger partial charge in [-0.15, -0.1) is 0 Å². The van der Waals surface area contributed by atoms with Crippen molar-refractivity contribution in [3.63, 3.8) is 0 Å². The average molecular weight is 381 g/mol. The molecule has 4 heteroatoms. The number of benzene rings is 2. The van der Waals surface area contributed by atoms with Gasteiger partial charge in [-0.1, -0.05) is 53.7 Å². The van der Waals surface area contributed by atoms with Crippen LogP contribution in [0.2, 0.25) is 0 Å². The summed E-state index contributed by atoms with van der Waals surface area (Å²) in [4.78, 5) is 4.72. The summed E-state index contributed by atoms with van der Waals surface area (Å²) < 4.78 is 2.06. The molecule has 0 fully saturated rings. The molecule has 0 bridgehead atoms. The molecule has 1 aromatic heterocycles. The quantitative estimate of drug-likeness (QED) is 0.636. The molecule has 3 aromatic rings. The third-order valence-electron chi connectivity index (χ3n) is 5.31. The van der Waals surface area contributed by atoms with Crippen LogP contribution in [0.1, 0.15) is 77.1 Å². The summed E-state index contributed by atoms with van der Waals surface area (Å²) in [7, 11) is 0. The highest BCUT2D eigenvalue weighted by Gasteiger charge is 2.29. The Morgan fingerprint density at radius 3 is 2.00 bits per heavy atom. The van der Waals surface area contributed by atoms with Gasteiger partial charge in [0.05, 0.1) is 11.0 Å². The number of phenols is 1. The van der Waals surface area contributed by atoms with Gasteiger partial charge in [0.2, 0.25) is 0 Å². The van der Waals surface area contributed by atoms with Gasteiger partial charge in [-0.25, -0.2) is 4.98 Å². The van der Waals surface area contributed by atoms with E-state index in [-0.39, 0.29) is 10.8 Å². The van der Waals surface area contributed by atoms with E-state index in [0.717, 1.165) is 34.3 Å². The van der Waals surface area contributed by atoms with E-state index in [1.54, 1.807) is 0 Å². The third-order valence-corrected chi connectivity index (χ3v) is 5.31. The lowest BCUT2D eigenvalue weighted by atomic mass is 9.78. The van der Waals surface area contributed by atoms with Crippen molar-refractivity contribution in [1.82, 2.24) is 9.55 Å². The second kappa shape index (κ2) is 6.93. The SMILES string of the molecule is CCn1c(C(O)c2cc(C(C)(C)C)c(O)c(C(C)(C)C)c2)nc2ccccc21. The first kappa shape index (κ1) is 20.4. The Hall–Kier alpha value is -2.33. The molecule has 0 aliphatic rings. The second-order valence-corrected chi connectivity index (χ2v) is 9.57. The number of rotatable bonds is 3. The number of aromatic hydroxyl groups is 1. The fourth-order valence-electron chi connectivity index (χ4n) is 3.74. The Bertz CT molecular complexity index is 969. The van der Waals surface area contributed by atoms with E-state index in [9.17, 15) is 10.2 Å². The van der Waals surface area contributed by atoms with Crippen LogP contribution in [0.3, 0.4) is 0 Å². The van der Waals surface area contributed by atoms with Gasteiger partial charge >= 0.3 is 0 Å². The fraction of sp³-hybridized carbons (Fsp3) is 0.458. The van der Waals surface area contributed by atoms with E-state index < -0.39 is 6.10 Å². The van der Waals surface area contributed by atoms with Crippen LogP contribution >= 0.6 is 0 Å². The Morgan fingerprint density at radius 2 is 1.50 bits per heavy atom. The molecule has 4 nitrogen and oxygen atoms in total. The van der Waals surface area contributed by atoms with Crippen LogP contribution < -0.4 is 0 Å². The van der Waals surface area contributed by atoms with Crippen molar-refractivity contribution in [3.05, 3.63) is 58.9 Å². The molecule has 28 heavy (non-hydrogen) atoms. The molecule has 0 saturated carbocycles. The van der Waals surface area contributed by atoms with E-state index >= 15 is 0 Å². The minimum atomic E-state index is -0.866. The number of imidazole rings is 1. The van der Waals surface area contributed by atoms with Crippen molar-refractivity contribution in [2.24, 2.45) is 0 Å². The van der Waals surface area contributed by atoms with Crippen LogP contribution in [0.5, 0.6) is 5.75 Å². The average Bonchev–Trinajstić information content (AvgIpc) is 2.97. The van der Waals surface area contributed by atoms with Crippen LogP contribution in [0.25, 0.3) is 11.0 Å². The zero-order valence-corrected chi connectivity index (χ0v) is 18.0. The summed E-state index contributed by atoms with van der Waals surface area (Å²) in [5.41, 5.74) is 3.85. The molecule has 2 aromatic carbocycles. The Balaban J connectivity index is 2.24. The maximum Gasteiger partial charge on any atom is 0.143 e. The summed E-state index contributed by atoms with van der Waals surface area (Å²) in [5.74, 6) is 0.953. The Kier molecular flexibility index (Phi) is 5.05. The molecule has 150 valence electrons. The van der Waals surface area contributed by atoms with E-state index in [1.165, 1.54) is 0 Å². The highest BCUT2D eigenvalue weighted by molar-refractivity contribution is 5.76. The lowest BCUT2D eigenvalue weighted by Gasteiger charge is -2.29. The molecular weight excluding hydrogens is 348 g/mol. The van der Waals surface area contributed by atoms with Crippen LogP contribution in [0.15, 0.2) is 36.4 Å². The van der Waals surface area contributed by atoms with Crippen molar-refractivity contribution in [3.8, 4) is 5.75 Å². The monoisotopic (exact) mass is 380 g/mol. The van der Waals surface area contributed by atoms with Gasteiger partial charge in [-0.05, 0) is 58.7 Å². The van der Waals surface area contributed by atoms with E-state index in [0.29, 0.717) is 11.6 Å². The molecule has 1 heterocycles. The molecule has 0 saturated heterocycles. The zero-order chi connectivity index (χ0) is 20.9.